The molecular weight excluding hydrogens is 264 g/mol. The Kier molecular flexibility index (Phi) is 5.76. The van der Waals surface area contributed by atoms with Crippen molar-refractivity contribution in [2.24, 2.45) is 0 Å². The first-order valence-corrected chi connectivity index (χ1v) is 6.36. The molecule has 0 saturated heterocycles. The Morgan fingerprint density at radius 3 is 2.60 bits per heavy atom. The molecule has 7 heteroatoms. The van der Waals surface area contributed by atoms with Crippen molar-refractivity contribution in [1.82, 2.24) is 9.88 Å². The molecule has 0 spiro atoms. The molecule has 0 aliphatic rings. The highest BCUT2D eigenvalue weighted by Gasteiger charge is 2.22. The largest absolute Gasteiger partial charge is 0.481 e. The lowest BCUT2D eigenvalue weighted by Crippen LogP contribution is -2.41. The van der Waals surface area contributed by atoms with Crippen LogP contribution in [0.2, 0.25) is 0 Å². The standard InChI is InChI=1S/C13H18N2O5/c1-2-7-15-8-3-4-10(15)12(18)14-9(13(19)20)5-6-11(16)17/h3-4,8-9H,2,5-7H2,1H3,(H,14,18)(H,16,17)(H,19,20). The second kappa shape index (κ2) is 7.32. The van der Waals surface area contributed by atoms with Gasteiger partial charge < -0.3 is 20.1 Å². The van der Waals surface area contributed by atoms with Gasteiger partial charge in [-0.3, -0.25) is 9.59 Å². The summed E-state index contributed by atoms with van der Waals surface area (Å²) in [7, 11) is 0. The number of aliphatic carboxylic acids is 2. The van der Waals surface area contributed by atoms with Crippen molar-refractivity contribution in [3.63, 3.8) is 0 Å². The molecule has 1 unspecified atom stereocenters. The molecule has 20 heavy (non-hydrogen) atoms. The van der Waals surface area contributed by atoms with Crippen LogP contribution in [0, 0.1) is 0 Å². The molecule has 1 atom stereocenters. The summed E-state index contributed by atoms with van der Waals surface area (Å²) in [6, 6.07) is 2.10. The highest BCUT2D eigenvalue weighted by atomic mass is 16.4. The van der Waals surface area contributed by atoms with E-state index in [2.05, 4.69) is 5.32 Å². The van der Waals surface area contributed by atoms with Crippen LogP contribution in [-0.4, -0.2) is 38.7 Å². The fraction of sp³-hybridized carbons (Fsp3) is 0.462. The molecule has 0 fully saturated rings. The monoisotopic (exact) mass is 282 g/mol. The minimum Gasteiger partial charge on any atom is -0.481 e. The van der Waals surface area contributed by atoms with E-state index in [4.69, 9.17) is 10.2 Å². The number of nitrogens with one attached hydrogen (secondary N) is 1. The van der Waals surface area contributed by atoms with Crippen molar-refractivity contribution >= 4 is 17.8 Å². The summed E-state index contributed by atoms with van der Waals surface area (Å²) >= 11 is 0. The van der Waals surface area contributed by atoms with Crippen LogP contribution >= 0.6 is 0 Å². The van der Waals surface area contributed by atoms with E-state index in [1.165, 1.54) is 0 Å². The summed E-state index contributed by atoms with van der Waals surface area (Å²) in [5, 5.41) is 19.9. The van der Waals surface area contributed by atoms with Gasteiger partial charge in [0.1, 0.15) is 11.7 Å². The zero-order valence-corrected chi connectivity index (χ0v) is 11.2. The number of aromatic nitrogens is 1. The van der Waals surface area contributed by atoms with Crippen molar-refractivity contribution in [3.05, 3.63) is 24.0 Å². The van der Waals surface area contributed by atoms with Crippen LogP contribution in [0.15, 0.2) is 18.3 Å². The summed E-state index contributed by atoms with van der Waals surface area (Å²) in [6.45, 7) is 2.62. The van der Waals surface area contributed by atoms with E-state index in [0.717, 1.165) is 6.42 Å². The molecule has 1 amide bonds. The summed E-state index contributed by atoms with van der Waals surface area (Å²) in [5.41, 5.74) is 0.369. The smallest absolute Gasteiger partial charge is 0.326 e. The van der Waals surface area contributed by atoms with E-state index < -0.39 is 23.9 Å². The molecule has 1 aromatic rings. The van der Waals surface area contributed by atoms with Crippen molar-refractivity contribution in [2.45, 2.75) is 38.8 Å². The normalized spacial score (nSPS) is 11.8. The zero-order valence-electron chi connectivity index (χ0n) is 11.2. The minimum absolute atomic E-state index is 0.148. The molecule has 0 saturated carbocycles. The first-order valence-electron chi connectivity index (χ1n) is 6.36. The third-order valence-corrected chi connectivity index (χ3v) is 2.78. The summed E-state index contributed by atoms with van der Waals surface area (Å²) in [4.78, 5) is 33.5. The highest BCUT2D eigenvalue weighted by Crippen LogP contribution is 2.06. The molecule has 0 aliphatic carbocycles. The molecule has 0 radical (unpaired) electrons. The van der Waals surface area contributed by atoms with Gasteiger partial charge in [0, 0.05) is 19.2 Å². The summed E-state index contributed by atoms with van der Waals surface area (Å²) in [6.07, 6.45) is 2.12. The van der Waals surface area contributed by atoms with Gasteiger partial charge in [-0.1, -0.05) is 6.92 Å². The van der Waals surface area contributed by atoms with E-state index in [1.54, 1.807) is 22.9 Å². The Morgan fingerprint density at radius 2 is 2.05 bits per heavy atom. The molecule has 0 aliphatic heterocycles. The van der Waals surface area contributed by atoms with E-state index in [0.29, 0.717) is 12.2 Å². The molecular formula is C13H18N2O5. The number of amides is 1. The molecule has 0 aromatic carbocycles. The first-order chi connectivity index (χ1) is 9.45. The minimum atomic E-state index is -1.24. The molecule has 3 N–H and O–H groups in total. The lowest BCUT2D eigenvalue weighted by Gasteiger charge is -2.14. The first kappa shape index (κ1) is 15.7. The van der Waals surface area contributed by atoms with E-state index in [-0.39, 0.29) is 12.8 Å². The average Bonchev–Trinajstić information content (AvgIpc) is 2.82. The predicted octanol–water partition coefficient (Wildman–Crippen LogP) is 0.946. The summed E-state index contributed by atoms with van der Waals surface area (Å²) in [5.74, 6) is -2.85. The number of carboxylic acids is 2. The van der Waals surface area contributed by atoms with Crippen LogP contribution in [0.5, 0.6) is 0 Å². The Bertz CT molecular complexity index is 495. The lowest BCUT2D eigenvalue weighted by molar-refractivity contribution is -0.140. The topological polar surface area (TPSA) is 109 Å². The van der Waals surface area contributed by atoms with Crippen LogP contribution in [0.3, 0.4) is 0 Å². The van der Waals surface area contributed by atoms with Crippen LogP contribution in [0.25, 0.3) is 0 Å². The Morgan fingerprint density at radius 1 is 1.35 bits per heavy atom. The van der Waals surface area contributed by atoms with Gasteiger partial charge in [-0.2, -0.15) is 0 Å². The Labute approximate surface area is 116 Å². The van der Waals surface area contributed by atoms with Gasteiger partial charge in [0.25, 0.3) is 5.91 Å². The maximum absolute atomic E-state index is 12.0. The fourth-order valence-electron chi connectivity index (χ4n) is 1.81. The molecule has 1 rings (SSSR count). The molecule has 1 heterocycles. The maximum atomic E-state index is 12.0. The molecule has 0 bridgehead atoms. The third kappa shape index (κ3) is 4.42. The number of carbonyl (C=O) groups excluding carboxylic acids is 1. The van der Waals surface area contributed by atoms with Crippen LogP contribution in [0.4, 0.5) is 0 Å². The number of nitrogens with zero attached hydrogens (tertiary/aromatic N) is 1. The van der Waals surface area contributed by atoms with Crippen LogP contribution in [-0.2, 0) is 16.1 Å². The van der Waals surface area contributed by atoms with Gasteiger partial charge in [-0.05, 0) is 25.0 Å². The fourth-order valence-corrected chi connectivity index (χ4v) is 1.81. The van der Waals surface area contributed by atoms with Crippen LogP contribution in [0.1, 0.15) is 36.7 Å². The molecule has 7 nitrogen and oxygen atoms in total. The van der Waals surface area contributed by atoms with Crippen molar-refractivity contribution in [1.29, 1.82) is 0 Å². The van der Waals surface area contributed by atoms with Crippen LogP contribution < -0.4 is 5.32 Å². The predicted molar refractivity (Wildman–Crippen MR) is 70.5 cm³/mol. The van der Waals surface area contributed by atoms with Crippen molar-refractivity contribution in [3.8, 4) is 0 Å². The summed E-state index contributed by atoms with van der Waals surface area (Å²) < 4.78 is 1.73. The Hall–Kier alpha value is -2.31. The number of aryl methyl sites for hydroxylation is 1. The van der Waals surface area contributed by atoms with E-state index >= 15 is 0 Å². The average molecular weight is 282 g/mol. The van der Waals surface area contributed by atoms with Gasteiger partial charge >= 0.3 is 11.9 Å². The zero-order chi connectivity index (χ0) is 15.1. The highest BCUT2D eigenvalue weighted by molar-refractivity contribution is 5.95. The third-order valence-electron chi connectivity index (χ3n) is 2.78. The van der Waals surface area contributed by atoms with E-state index in [9.17, 15) is 14.4 Å². The number of carbonyl (C=O) groups is 3. The second-order valence-corrected chi connectivity index (χ2v) is 4.38. The quantitative estimate of drug-likeness (QED) is 0.657. The second-order valence-electron chi connectivity index (χ2n) is 4.38. The van der Waals surface area contributed by atoms with Gasteiger partial charge in [0.05, 0.1) is 0 Å². The number of rotatable bonds is 8. The molecule has 110 valence electrons. The van der Waals surface area contributed by atoms with Gasteiger partial charge in [0.15, 0.2) is 0 Å². The van der Waals surface area contributed by atoms with Crippen molar-refractivity contribution in [2.75, 3.05) is 0 Å². The number of carboxylic acid groups (broad SMARTS) is 2. The lowest BCUT2D eigenvalue weighted by atomic mass is 10.1. The van der Waals surface area contributed by atoms with Crippen molar-refractivity contribution < 1.29 is 24.6 Å². The maximum Gasteiger partial charge on any atom is 0.326 e. The number of hydrogen-bond donors (Lipinski definition) is 3. The number of hydrogen-bond acceptors (Lipinski definition) is 3. The molecule has 1 aromatic heterocycles. The SMILES string of the molecule is CCCn1cccc1C(=O)NC(CCC(=O)O)C(=O)O. The van der Waals surface area contributed by atoms with E-state index in [1.807, 2.05) is 6.92 Å². The Balaban J connectivity index is 2.72. The van der Waals surface area contributed by atoms with Gasteiger partial charge in [-0.25, -0.2) is 4.79 Å². The van der Waals surface area contributed by atoms with Gasteiger partial charge in [0.2, 0.25) is 0 Å². The van der Waals surface area contributed by atoms with Gasteiger partial charge in [-0.15, -0.1) is 0 Å².